The van der Waals surface area contributed by atoms with Gasteiger partial charge in [0.25, 0.3) is 5.91 Å². The molecule has 23 heavy (non-hydrogen) atoms. The molecule has 0 aliphatic rings. The molecule has 7 heteroatoms. The van der Waals surface area contributed by atoms with Crippen molar-refractivity contribution in [2.24, 2.45) is 0 Å². The maximum absolute atomic E-state index is 13.6. The Morgan fingerprint density at radius 2 is 2.00 bits per heavy atom. The molecule has 1 aromatic heterocycles. The van der Waals surface area contributed by atoms with E-state index in [1.54, 1.807) is 24.3 Å². The predicted octanol–water partition coefficient (Wildman–Crippen LogP) is 4.06. The van der Waals surface area contributed by atoms with Crippen LogP contribution >= 0.6 is 11.6 Å². The van der Waals surface area contributed by atoms with Crippen LogP contribution in [0, 0.1) is 11.6 Å². The van der Waals surface area contributed by atoms with Gasteiger partial charge in [0.15, 0.2) is 0 Å². The van der Waals surface area contributed by atoms with Crippen LogP contribution in [0.2, 0.25) is 5.02 Å². The Balaban J connectivity index is 1.81. The number of nitrogens with one attached hydrogen (secondary N) is 1. The first-order chi connectivity index (χ1) is 11.0. The molecule has 0 aliphatic carbocycles. The first kappa shape index (κ1) is 15.2. The number of amides is 1. The largest absolute Gasteiger partial charge is 0.319 e. The fraction of sp³-hybridized carbons (Fsp3) is 0. The molecule has 0 spiro atoms. The number of halogens is 3. The van der Waals surface area contributed by atoms with Gasteiger partial charge in [0.1, 0.15) is 11.6 Å². The number of benzene rings is 2. The molecule has 0 bridgehead atoms. The van der Waals surface area contributed by atoms with Crippen LogP contribution in [0.3, 0.4) is 0 Å². The molecule has 1 heterocycles. The molecule has 1 amide bonds. The molecule has 0 fully saturated rings. The summed E-state index contributed by atoms with van der Waals surface area (Å²) in [6, 6.07) is 9.87. The third kappa shape index (κ3) is 3.37. The number of carbonyl (C=O) groups excluding carboxylic acids is 1. The van der Waals surface area contributed by atoms with Crippen molar-refractivity contribution in [3.8, 4) is 5.69 Å². The Morgan fingerprint density at radius 3 is 2.74 bits per heavy atom. The standard InChI is InChI=1S/C16H10ClF2N3O/c17-11-2-1-3-13(6-11)22-9-10(8-20-22)16(23)21-15-5-4-12(18)7-14(15)19/h1-9H,(H,21,23). The number of aromatic nitrogens is 2. The summed E-state index contributed by atoms with van der Waals surface area (Å²) in [5, 5.41) is 6.98. The highest BCUT2D eigenvalue weighted by atomic mass is 35.5. The number of nitrogens with zero attached hydrogens (tertiary/aromatic N) is 2. The minimum atomic E-state index is -0.847. The van der Waals surface area contributed by atoms with E-state index >= 15 is 0 Å². The molecule has 0 aliphatic heterocycles. The average Bonchev–Trinajstić information content (AvgIpc) is 3.00. The minimum absolute atomic E-state index is 0.105. The van der Waals surface area contributed by atoms with Crippen molar-refractivity contribution < 1.29 is 13.6 Å². The zero-order chi connectivity index (χ0) is 16.4. The Labute approximate surface area is 135 Å². The van der Waals surface area contributed by atoms with E-state index in [4.69, 9.17) is 11.6 Å². The SMILES string of the molecule is O=C(Nc1ccc(F)cc1F)c1cnn(-c2cccc(Cl)c2)c1. The highest BCUT2D eigenvalue weighted by molar-refractivity contribution is 6.30. The van der Waals surface area contributed by atoms with Gasteiger partial charge in [-0.3, -0.25) is 4.79 Å². The van der Waals surface area contributed by atoms with Crippen LogP contribution in [-0.2, 0) is 0 Å². The molecule has 0 saturated carbocycles. The Bertz CT molecular complexity index is 879. The van der Waals surface area contributed by atoms with E-state index in [1.165, 1.54) is 17.1 Å². The molecule has 4 nitrogen and oxygen atoms in total. The smallest absolute Gasteiger partial charge is 0.258 e. The summed E-state index contributed by atoms with van der Waals surface area (Å²) >= 11 is 5.91. The van der Waals surface area contributed by atoms with E-state index in [2.05, 4.69) is 10.4 Å². The molecule has 2 aromatic carbocycles. The van der Waals surface area contributed by atoms with E-state index in [-0.39, 0.29) is 11.3 Å². The molecular weight excluding hydrogens is 324 g/mol. The van der Waals surface area contributed by atoms with Gasteiger partial charge in [0, 0.05) is 17.3 Å². The van der Waals surface area contributed by atoms with Gasteiger partial charge < -0.3 is 5.32 Å². The summed E-state index contributed by atoms with van der Waals surface area (Å²) in [6.07, 6.45) is 2.83. The lowest BCUT2D eigenvalue weighted by molar-refractivity contribution is 0.102. The summed E-state index contributed by atoms with van der Waals surface area (Å²) < 4.78 is 27.9. The van der Waals surface area contributed by atoms with E-state index in [1.807, 2.05) is 0 Å². The van der Waals surface area contributed by atoms with E-state index in [9.17, 15) is 13.6 Å². The van der Waals surface area contributed by atoms with E-state index in [0.717, 1.165) is 12.1 Å². The zero-order valence-electron chi connectivity index (χ0n) is 11.6. The summed E-state index contributed by atoms with van der Waals surface area (Å²) in [5.74, 6) is -2.11. The Kier molecular flexibility index (Phi) is 4.08. The van der Waals surface area contributed by atoms with Gasteiger partial charge >= 0.3 is 0 Å². The van der Waals surface area contributed by atoms with Crippen LogP contribution in [0.15, 0.2) is 54.9 Å². The monoisotopic (exact) mass is 333 g/mol. The fourth-order valence-electron chi connectivity index (χ4n) is 1.99. The maximum Gasteiger partial charge on any atom is 0.258 e. The van der Waals surface area contributed by atoms with Crippen molar-refractivity contribution in [3.63, 3.8) is 0 Å². The summed E-state index contributed by atoms with van der Waals surface area (Å²) in [7, 11) is 0. The van der Waals surface area contributed by atoms with Crippen molar-refractivity contribution in [2.75, 3.05) is 5.32 Å². The topological polar surface area (TPSA) is 46.9 Å². The van der Waals surface area contributed by atoms with E-state index < -0.39 is 17.5 Å². The second kappa shape index (κ2) is 6.18. The minimum Gasteiger partial charge on any atom is -0.319 e. The fourth-order valence-corrected chi connectivity index (χ4v) is 2.17. The van der Waals surface area contributed by atoms with Crippen LogP contribution in [-0.4, -0.2) is 15.7 Å². The number of anilines is 1. The van der Waals surface area contributed by atoms with Crippen molar-refractivity contribution in [1.29, 1.82) is 0 Å². The molecule has 0 unspecified atom stereocenters. The predicted molar refractivity (Wildman–Crippen MR) is 82.9 cm³/mol. The number of rotatable bonds is 3. The lowest BCUT2D eigenvalue weighted by atomic mass is 10.2. The van der Waals surface area contributed by atoms with E-state index in [0.29, 0.717) is 16.8 Å². The second-order valence-electron chi connectivity index (χ2n) is 4.73. The molecule has 0 radical (unpaired) electrons. The van der Waals surface area contributed by atoms with Gasteiger partial charge in [-0.1, -0.05) is 17.7 Å². The highest BCUT2D eigenvalue weighted by Gasteiger charge is 2.12. The maximum atomic E-state index is 13.6. The normalized spacial score (nSPS) is 10.6. The molecule has 116 valence electrons. The quantitative estimate of drug-likeness (QED) is 0.785. The van der Waals surface area contributed by atoms with Crippen molar-refractivity contribution in [2.45, 2.75) is 0 Å². The molecular formula is C16H10ClF2N3O. The van der Waals surface area contributed by atoms with Gasteiger partial charge in [-0.25, -0.2) is 13.5 Å². The van der Waals surface area contributed by atoms with Crippen LogP contribution in [0.1, 0.15) is 10.4 Å². The molecule has 3 aromatic rings. The highest BCUT2D eigenvalue weighted by Crippen LogP contribution is 2.17. The van der Waals surface area contributed by atoms with Crippen molar-refractivity contribution in [3.05, 3.63) is 77.1 Å². The van der Waals surface area contributed by atoms with Crippen LogP contribution in [0.25, 0.3) is 5.69 Å². The zero-order valence-corrected chi connectivity index (χ0v) is 12.4. The van der Waals surface area contributed by atoms with Gasteiger partial charge in [0.05, 0.1) is 23.1 Å². The number of carbonyl (C=O) groups is 1. The lowest BCUT2D eigenvalue weighted by Crippen LogP contribution is -2.12. The van der Waals surface area contributed by atoms with Crippen molar-refractivity contribution >= 4 is 23.2 Å². The van der Waals surface area contributed by atoms with Crippen molar-refractivity contribution in [1.82, 2.24) is 9.78 Å². The van der Waals surface area contributed by atoms with Gasteiger partial charge in [-0.2, -0.15) is 5.10 Å². The summed E-state index contributed by atoms with van der Waals surface area (Å²) in [4.78, 5) is 12.1. The molecule has 0 saturated heterocycles. The molecule has 3 rings (SSSR count). The first-order valence-electron chi connectivity index (χ1n) is 6.60. The third-order valence-corrected chi connectivity index (χ3v) is 3.33. The average molecular weight is 334 g/mol. The van der Waals surface area contributed by atoms with Crippen LogP contribution in [0.5, 0.6) is 0 Å². The molecule has 0 atom stereocenters. The van der Waals surface area contributed by atoms with Gasteiger partial charge in [-0.05, 0) is 30.3 Å². The Hall–Kier alpha value is -2.73. The second-order valence-corrected chi connectivity index (χ2v) is 5.17. The summed E-state index contributed by atoms with van der Waals surface area (Å²) in [5.41, 5.74) is 0.810. The number of hydrogen-bond donors (Lipinski definition) is 1. The lowest BCUT2D eigenvalue weighted by Gasteiger charge is -2.05. The summed E-state index contributed by atoms with van der Waals surface area (Å²) in [6.45, 7) is 0. The van der Waals surface area contributed by atoms with Crippen LogP contribution in [0.4, 0.5) is 14.5 Å². The third-order valence-electron chi connectivity index (χ3n) is 3.10. The van der Waals surface area contributed by atoms with Gasteiger partial charge in [-0.15, -0.1) is 0 Å². The number of hydrogen-bond acceptors (Lipinski definition) is 2. The Morgan fingerprint density at radius 1 is 1.17 bits per heavy atom. The molecule has 1 N–H and O–H groups in total. The van der Waals surface area contributed by atoms with Gasteiger partial charge in [0.2, 0.25) is 0 Å². The van der Waals surface area contributed by atoms with Crippen LogP contribution < -0.4 is 5.32 Å². The first-order valence-corrected chi connectivity index (χ1v) is 6.98.